The molecular formula is C11H12F2N2O3. The van der Waals surface area contributed by atoms with Crippen molar-refractivity contribution >= 4 is 11.4 Å². The molecule has 5 nitrogen and oxygen atoms in total. The Morgan fingerprint density at radius 2 is 1.83 bits per heavy atom. The Bertz CT molecular complexity index is 474. The van der Waals surface area contributed by atoms with Crippen molar-refractivity contribution in [2.24, 2.45) is 0 Å². The Balaban J connectivity index is 2.36. The first-order valence-corrected chi connectivity index (χ1v) is 5.55. The zero-order valence-corrected chi connectivity index (χ0v) is 9.47. The van der Waals surface area contributed by atoms with Gasteiger partial charge in [0.2, 0.25) is 0 Å². The van der Waals surface area contributed by atoms with Crippen LogP contribution in [0, 0.1) is 21.7 Å². The lowest BCUT2D eigenvalue weighted by Gasteiger charge is -2.31. The maximum Gasteiger partial charge on any atom is 0.295 e. The number of piperidine rings is 1. The molecule has 1 aliphatic rings. The van der Waals surface area contributed by atoms with Gasteiger partial charge in [0, 0.05) is 19.2 Å². The van der Waals surface area contributed by atoms with Gasteiger partial charge in [0.1, 0.15) is 5.69 Å². The molecule has 0 spiro atoms. The van der Waals surface area contributed by atoms with E-state index >= 15 is 0 Å². The fourth-order valence-electron chi connectivity index (χ4n) is 2.03. The highest BCUT2D eigenvalue weighted by atomic mass is 19.2. The third-order valence-corrected chi connectivity index (χ3v) is 3.02. The summed E-state index contributed by atoms with van der Waals surface area (Å²) in [6, 6.07) is 1.43. The maximum absolute atomic E-state index is 13.2. The van der Waals surface area contributed by atoms with Crippen LogP contribution in [0.1, 0.15) is 12.8 Å². The SMILES string of the molecule is O=[N+]([O-])c1cc(F)c(F)cc1N1CCC(O)CC1. The molecule has 0 aromatic heterocycles. The van der Waals surface area contributed by atoms with E-state index in [4.69, 9.17) is 0 Å². The quantitative estimate of drug-likeness (QED) is 0.649. The van der Waals surface area contributed by atoms with Crippen molar-refractivity contribution in [1.29, 1.82) is 0 Å². The minimum atomic E-state index is -1.23. The number of benzene rings is 1. The van der Waals surface area contributed by atoms with Crippen LogP contribution in [-0.2, 0) is 0 Å². The van der Waals surface area contributed by atoms with Gasteiger partial charge < -0.3 is 10.0 Å². The summed E-state index contributed by atoms with van der Waals surface area (Å²) in [6.45, 7) is 0.764. The Morgan fingerprint density at radius 3 is 2.39 bits per heavy atom. The van der Waals surface area contributed by atoms with E-state index in [0.29, 0.717) is 32.0 Å². The number of hydrogen-bond acceptors (Lipinski definition) is 4. The molecule has 98 valence electrons. The summed E-state index contributed by atoms with van der Waals surface area (Å²) in [5.41, 5.74) is -0.393. The predicted octanol–water partition coefficient (Wildman–Crippen LogP) is 1.83. The summed E-state index contributed by atoms with van der Waals surface area (Å²) >= 11 is 0. The summed E-state index contributed by atoms with van der Waals surface area (Å²) in [7, 11) is 0. The van der Waals surface area contributed by atoms with Gasteiger partial charge in [0.25, 0.3) is 5.69 Å². The average Bonchev–Trinajstić information content (AvgIpc) is 2.33. The van der Waals surface area contributed by atoms with Crippen molar-refractivity contribution in [3.8, 4) is 0 Å². The van der Waals surface area contributed by atoms with Crippen LogP contribution in [0.15, 0.2) is 12.1 Å². The molecule has 2 rings (SSSR count). The molecule has 0 unspecified atom stereocenters. The second-order valence-electron chi connectivity index (χ2n) is 4.23. The van der Waals surface area contributed by atoms with Gasteiger partial charge in [-0.25, -0.2) is 8.78 Å². The van der Waals surface area contributed by atoms with Crippen LogP contribution in [0.3, 0.4) is 0 Å². The van der Waals surface area contributed by atoms with Crippen LogP contribution in [0.4, 0.5) is 20.2 Å². The highest BCUT2D eigenvalue weighted by Gasteiger charge is 2.26. The first-order valence-electron chi connectivity index (χ1n) is 5.55. The molecule has 7 heteroatoms. The highest BCUT2D eigenvalue weighted by molar-refractivity contribution is 5.63. The van der Waals surface area contributed by atoms with E-state index in [2.05, 4.69) is 0 Å². The first-order chi connectivity index (χ1) is 8.49. The Morgan fingerprint density at radius 1 is 1.28 bits per heavy atom. The third-order valence-electron chi connectivity index (χ3n) is 3.02. The van der Waals surface area contributed by atoms with E-state index in [1.165, 1.54) is 0 Å². The van der Waals surface area contributed by atoms with E-state index < -0.39 is 28.3 Å². The number of aliphatic hydroxyl groups is 1. The molecule has 18 heavy (non-hydrogen) atoms. The van der Waals surface area contributed by atoms with Gasteiger partial charge in [-0.3, -0.25) is 10.1 Å². The molecule has 1 fully saturated rings. The van der Waals surface area contributed by atoms with Crippen LogP contribution in [0.2, 0.25) is 0 Å². The summed E-state index contributed by atoms with van der Waals surface area (Å²) in [5.74, 6) is -2.34. The standard InChI is InChI=1S/C11H12F2N2O3/c12-8-5-10(11(15(17)18)6-9(8)13)14-3-1-7(16)2-4-14/h5-7,16H,1-4H2. The van der Waals surface area contributed by atoms with Crippen LogP contribution in [0.25, 0.3) is 0 Å². The molecular weight excluding hydrogens is 246 g/mol. The normalized spacial score (nSPS) is 16.9. The minimum absolute atomic E-state index is 0.0609. The van der Waals surface area contributed by atoms with Gasteiger partial charge in [-0.2, -0.15) is 0 Å². The first kappa shape index (κ1) is 12.7. The molecule has 1 aromatic rings. The zero-order chi connectivity index (χ0) is 13.3. The number of nitro benzene ring substituents is 1. The monoisotopic (exact) mass is 258 g/mol. The van der Waals surface area contributed by atoms with Crippen molar-refractivity contribution in [1.82, 2.24) is 0 Å². The molecule has 1 aromatic carbocycles. The van der Waals surface area contributed by atoms with Crippen LogP contribution in [0.5, 0.6) is 0 Å². The molecule has 1 aliphatic heterocycles. The summed E-state index contributed by atoms with van der Waals surface area (Å²) < 4.78 is 26.2. The van der Waals surface area contributed by atoms with Crippen molar-refractivity contribution in [3.05, 3.63) is 33.9 Å². The smallest absolute Gasteiger partial charge is 0.295 e. The summed E-state index contributed by atoms with van der Waals surface area (Å²) in [6.07, 6.45) is 0.470. The van der Waals surface area contributed by atoms with Crippen LogP contribution in [-0.4, -0.2) is 29.2 Å². The maximum atomic E-state index is 13.2. The van der Waals surface area contributed by atoms with Gasteiger partial charge >= 0.3 is 0 Å². The van der Waals surface area contributed by atoms with Gasteiger partial charge in [-0.05, 0) is 12.8 Å². The van der Waals surface area contributed by atoms with E-state index in [0.717, 1.165) is 6.07 Å². The largest absolute Gasteiger partial charge is 0.393 e. The molecule has 1 N–H and O–H groups in total. The Hall–Kier alpha value is -1.76. The fourth-order valence-corrected chi connectivity index (χ4v) is 2.03. The molecule has 0 aliphatic carbocycles. The van der Waals surface area contributed by atoms with Crippen molar-refractivity contribution in [2.75, 3.05) is 18.0 Å². The van der Waals surface area contributed by atoms with Crippen molar-refractivity contribution in [3.63, 3.8) is 0 Å². The van der Waals surface area contributed by atoms with E-state index in [9.17, 15) is 24.0 Å². The third kappa shape index (κ3) is 2.40. The molecule has 1 heterocycles. The van der Waals surface area contributed by atoms with Gasteiger partial charge in [0.05, 0.1) is 17.1 Å². The number of rotatable bonds is 2. The average molecular weight is 258 g/mol. The summed E-state index contributed by atoms with van der Waals surface area (Å²) in [5, 5.41) is 20.2. The summed E-state index contributed by atoms with van der Waals surface area (Å²) in [4.78, 5) is 11.7. The van der Waals surface area contributed by atoms with Gasteiger partial charge in [0.15, 0.2) is 11.6 Å². The Labute approximate surface area is 102 Å². The lowest BCUT2D eigenvalue weighted by Crippen LogP contribution is -2.36. The van der Waals surface area contributed by atoms with Gasteiger partial charge in [-0.1, -0.05) is 0 Å². The zero-order valence-electron chi connectivity index (χ0n) is 9.47. The lowest BCUT2D eigenvalue weighted by atomic mass is 10.1. The second kappa shape index (κ2) is 4.85. The fraction of sp³-hybridized carbons (Fsp3) is 0.455. The molecule has 0 atom stereocenters. The molecule has 1 saturated heterocycles. The van der Waals surface area contributed by atoms with Crippen molar-refractivity contribution < 1.29 is 18.8 Å². The topological polar surface area (TPSA) is 66.6 Å². The number of aliphatic hydroxyl groups excluding tert-OH is 1. The highest BCUT2D eigenvalue weighted by Crippen LogP contribution is 2.32. The Kier molecular flexibility index (Phi) is 3.42. The van der Waals surface area contributed by atoms with E-state index in [-0.39, 0.29) is 5.69 Å². The minimum Gasteiger partial charge on any atom is -0.393 e. The molecule has 0 radical (unpaired) electrons. The van der Waals surface area contributed by atoms with Gasteiger partial charge in [-0.15, -0.1) is 0 Å². The number of hydrogen-bond donors (Lipinski definition) is 1. The molecule has 0 bridgehead atoms. The number of anilines is 1. The van der Waals surface area contributed by atoms with E-state index in [1.807, 2.05) is 0 Å². The number of nitrogens with zero attached hydrogens (tertiary/aromatic N) is 2. The second-order valence-corrected chi connectivity index (χ2v) is 4.23. The predicted molar refractivity (Wildman–Crippen MR) is 60.5 cm³/mol. The lowest BCUT2D eigenvalue weighted by molar-refractivity contribution is -0.384. The van der Waals surface area contributed by atoms with E-state index in [1.54, 1.807) is 4.90 Å². The molecule has 0 amide bonds. The number of nitro groups is 1. The molecule has 0 saturated carbocycles. The van der Waals surface area contributed by atoms with Crippen LogP contribution >= 0.6 is 0 Å². The van der Waals surface area contributed by atoms with Crippen LogP contribution < -0.4 is 4.90 Å². The van der Waals surface area contributed by atoms with Crippen molar-refractivity contribution in [2.45, 2.75) is 18.9 Å². The number of halogens is 2.